The number of ether oxygens (including phenoxy) is 1. The first-order valence-electron chi connectivity index (χ1n) is 8.56. The molecular formula is C20H23N3O2. The van der Waals surface area contributed by atoms with Crippen molar-refractivity contribution in [1.29, 1.82) is 0 Å². The topological polar surface area (TPSA) is 67.0 Å². The highest BCUT2D eigenvalue weighted by atomic mass is 16.5. The lowest BCUT2D eigenvalue weighted by Crippen LogP contribution is -2.25. The standard InChI is InChI=1S/C20H23N3O2/c1-14(2)13-25-16-9-7-15(8-10-16)20(24)21-12-11-19-22-17-5-3-4-6-18(17)23-19/h3-10,14H,11-13H2,1-2H3,(H,21,24)(H,22,23). The van der Waals surface area contributed by atoms with Gasteiger partial charge in [0.1, 0.15) is 11.6 Å². The number of fused-ring (bicyclic) bond motifs is 1. The first-order chi connectivity index (χ1) is 12.1. The van der Waals surface area contributed by atoms with Crippen LogP contribution >= 0.6 is 0 Å². The van der Waals surface area contributed by atoms with Crippen LogP contribution < -0.4 is 10.1 Å². The van der Waals surface area contributed by atoms with E-state index in [1.54, 1.807) is 12.1 Å². The second-order valence-corrected chi connectivity index (χ2v) is 6.44. The number of para-hydroxylation sites is 2. The summed E-state index contributed by atoms with van der Waals surface area (Å²) < 4.78 is 5.63. The van der Waals surface area contributed by atoms with E-state index in [9.17, 15) is 4.79 Å². The fourth-order valence-corrected chi connectivity index (χ4v) is 2.49. The van der Waals surface area contributed by atoms with Gasteiger partial charge >= 0.3 is 0 Å². The van der Waals surface area contributed by atoms with Gasteiger partial charge in [0, 0.05) is 18.5 Å². The molecule has 0 fully saturated rings. The van der Waals surface area contributed by atoms with Crippen LogP contribution in [0.1, 0.15) is 30.0 Å². The number of H-pyrrole nitrogens is 1. The smallest absolute Gasteiger partial charge is 0.251 e. The van der Waals surface area contributed by atoms with Crippen LogP contribution in [0.5, 0.6) is 5.75 Å². The number of nitrogens with zero attached hydrogens (tertiary/aromatic N) is 1. The zero-order valence-corrected chi connectivity index (χ0v) is 14.6. The highest BCUT2D eigenvalue weighted by Crippen LogP contribution is 2.13. The number of amides is 1. The molecule has 1 aromatic heterocycles. The molecule has 2 aromatic carbocycles. The quantitative estimate of drug-likeness (QED) is 0.692. The van der Waals surface area contributed by atoms with Crippen molar-refractivity contribution in [3.63, 3.8) is 0 Å². The van der Waals surface area contributed by atoms with Gasteiger partial charge in [0.15, 0.2) is 0 Å². The third kappa shape index (κ3) is 4.59. The fraction of sp³-hybridized carbons (Fsp3) is 0.300. The summed E-state index contributed by atoms with van der Waals surface area (Å²) in [5.74, 6) is 2.04. The van der Waals surface area contributed by atoms with Crippen molar-refractivity contribution in [1.82, 2.24) is 15.3 Å². The van der Waals surface area contributed by atoms with E-state index in [0.717, 1.165) is 22.6 Å². The van der Waals surface area contributed by atoms with Gasteiger partial charge < -0.3 is 15.0 Å². The van der Waals surface area contributed by atoms with E-state index in [4.69, 9.17) is 4.74 Å². The van der Waals surface area contributed by atoms with Crippen LogP contribution in [0.25, 0.3) is 11.0 Å². The van der Waals surface area contributed by atoms with Gasteiger partial charge in [-0.05, 0) is 42.3 Å². The van der Waals surface area contributed by atoms with E-state index in [1.165, 1.54) is 0 Å². The van der Waals surface area contributed by atoms with E-state index < -0.39 is 0 Å². The Bertz CT molecular complexity index is 805. The third-order valence-corrected chi connectivity index (χ3v) is 3.79. The van der Waals surface area contributed by atoms with Crippen LogP contribution in [0.3, 0.4) is 0 Å². The Morgan fingerprint density at radius 2 is 1.92 bits per heavy atom. The van der Waals surface area contributed by atoms with Crippen molar-refractivity contribution in [2.45, 2.75) is 20.3 Å². The van der Waals surface area contributed by atoms with E-state index in [1.807, 2.05) is 36.4 Å². The number of carbonyl (C=O) groups is 1. The minimum atomic E-state index is -0.0912. The number of carbonyl (C=O) groups excluding carboxylic acids is 1. The predicted octanol–water partition coefficient (Wildman–Crippen LogP) is 3.57. The highest BCUT2D eigenvalue weighted by Gasteiger charge is 2.07. The lowest BCUT2D eigenvalue weighted by Gasteiger charge is -2.09. The predicted molar refractivity (Wildman–Crippen MR) is 98.9 cm³/mol. The monoisotopic (exact) mass is 337 g/mol. The molecule has 130 valence electrons. The number of rotatable bonds is 7. The molecule has 0 saturated heterocycles. The van der Waals surface area contributed by atoms with E-state index in [2.05, 4.69) is 29.1 Å². The Labute approximate surface area is 147 Å². The fourth-order valence-electron chi connectivity index (χ4n) is 2.49. The van der Waals surface area contributed by atoms with Gasteiger partial charge in [0.2, 0.25) is 0 Å². The summed E-state index contributed by atoms with van der Waals surface area (Å²) in [7, 11) is 0. The third-order valence-electron chi connectivity index (χ3n) is 3.79. The zero-order chi connectivity index (χ0) is 17.6. The molecular weight excluding hydrogens is 314 g/mol. The van der Waals surface area contributed by atoms with E-state index in [0.29, 0.717) is 31.1 Å². The Balaban J connectivity index is 1.50. The van der Waals surface area contributed by atoms with Crippen LogP contribution in [-0.4, -0.2) is 29.0 Å². The number of hydrogen-bond acceptors (Lipinski definition) is 3. The highest BCUT2D eigenvalue weighted by molar-refractivity contribution is 5.94. The Kier molecular flexibility index (Phi) is 5.33. The van der Waals surface area contributed by atoms with Crippen LogP contribution in [0.2, 0.25) is 0 Å². The number of imidazole rings is 1. The number of aromatic nitrogens is 2. The number of benzene rings is 2. The molecule has 0 aliphatic rings. The van der Waals surface area contributed by atoms with Crippen LogP contribution in [-0.2, 0) is 6.42 Å². The maximum atomic E-state index is 12.2. The largest absolute Gasteiger partial charge is 0.493 e. The summed E-state index contributed by atoms with van der Waals surface area (Å²) in [6.07, 6.45) is 0.663. The molecule has 0 radical (unpaired) electrons. The van der Waals surface area contributed by atoms with Gasteiger partial charge in [0.25, 0.3) is 5.91 Å². The molecule has 2 N–H and O–H groups in total. The average Bonchev–Trinajstić information content (AvgIpc) is 3.03. The van der Waals surface area contributed by atoms with Gasteiger partial charge in [-0.2, -0.15) is 0 Å². The van der Waals surface area contributed by atoms with Crippen molar-refractivity contribution < 1.29 is 9.53 Å². The number of hydrogen-bond donors (Lipinski definition) is 2. The second-order valence-electron chi connectivity index (χ2n) is 6.44. The normalized spacial score (nSPS) is 11.0. The lowest BCUT2D eigenvalue weighted by atomic mass is 10.2. The maximum absolute atomic E-state index is 12.2. The average molecular weight is 337 g/mol. The lowest BCUT2D eigenvalue weighted by molar-refractivity contribution is 0.0954. The molecule has 25 heavy (non-hydrogen) atoms. The van der Waals surface area contributed by atoms with Crippen molar-refractivity contribution in [3.05, 3.63) is 59.9 Å². The molecule has 3 rings (SSSR count). The minimum absolute atomic E-state index is 0.0912. The Morgan fingerprint density at radius 3 is 2.64 bits per heavy atom. The molecule has 5 nitrogen and oxygen atoms in total. The van der Waals surface area contributed by atoms with Gasteiger partial charge in [-0.25, -0.2) is 4.98 Å². The molecule has 0 saturated carbocycles. The summed E-state index contributed by atoms with van der Waals surface area (Å²) in [4.78, 5) is 20.0. The maximum Gasteiger partial charge on any atom is 0.251 e. The van der Waals surface area contributed by atoms with E-state index in [-0.39, 0.29) is 5.91 Å². The summed E-state index contributed by atoms with van der Waals surface area (Å²) in [5.41, 5.74) is 2.59. The van der Waals surface area contributed by atoms with Crippen molar-refractivity contribution >= 4 is 16.9 Å². The van der Waals surface area contributed by atoms with Crippen molar-refractivity contribution in [2.24, 2.45) is 5.92 Å². The van der Waals surface area contributed by atoms with Crippen LogP contribution in [0, 0.1) is 5.92 Å². The summed E-state index contributed by atoms with van der Waals surface area (Å²) >= 11 is 0. The summed E-state index contributed by atoms with van der Waals surface area (Å²) in [5, 5.41) is 2.92. The molecule has 0 spiro atoms. The minimum Gasteiger partial charge on any atom is -0.493 e. The number of aromatic amines is 1. The Hall–Kier alpha value is -2.82. The zero-order valence-electron chi connectivity index (χ0n) is 14.6. The van der Waals surface area contributed by atoms with Crippen molar-refractivity contribution in [3.8, 4) is 5.75 Å². The summed E-state index contributed by atoms with van der Waals surface area (Å²) in [6, 6.07) is 15.1. The van der Waals surface area contributed by atoms with Gasteiger partial charge in [-0.3, -0.25) is 4.79 Å². The van der Waals surface area contributed by atoms with Crippen molar-refractivity contribution in [2.75, 3.05) is 13.2 Å². The molecule has 5 heteroatoms. The first-order valence-corrected chi connectivity index (χ1v) is 8.56. The van der Waals surface area contributed by atoms with E-state index >= 15 is 0 Å². The molecule has 0 unspecified atom stereocenters. The van der Waals surface area contributed by atoms with Gasteiger partial charge in [-0.15, -0.1) is 0 Å². The molecule has 1 heterocycles. The summed E-state index contributed by atoms with van der Waals surface area (Å²) in [6.45, 7) is 5.40. The molecule has 1 amide bonds. The molecule has 3 aromatic rings. The Morgan fingerprint density at radius 1 is 1.16 bits per heavy atom. The van der Waals surface area contributed by atoms with Gasteiger partial charge in [0.05, 0.1) is 17.6 Å². The molecule has 0 atom stereocenters. The molecule has 0 aliphatic carbocycles. The molecule has 0 bridgehead atoms. The first kappa shape index (κ1) is 17.0. The van der Waals surface area contributed by atoms with Gasteiger partial charge in [-0.1, -0.05) is 26.0 Å². The second kappa shape index (κ2) is 7.83. The molecule has 0 aliphatic heterocycles. The van der Waals surface area contributed by atoms with Crippen LogP contribution in [0.15, 0.2) is 48.5 Å². The van der Waals surface area contributed by atoms with Crippen LogP contribution in [0.4, 0.5) is 0 Å². The number of nitrogens with one attached hydrogen (secondary N) is 2. The SMILES string of the molecule is CC(C)COc1ccc(C(=O)NCCc2nc3ccccc3[nH]2)cc1.